The second-order valence-corrected chi connectivity index (χ2v) is 7.81. The Morgan fingerprint density at radius 2 is 2.03 bits per heavy atom. The van der Waals surface area contributed by atoms with Gasteiger partial charge in [-0.2, -0.15) is 10.4 Å². The number of anilines is 3. The number of nitrogens with zero attached hydrogens (tertiary/aromatic N) is 7. The molecule has 10 heteroatoms. The quantitative estimate of drug-likeness (QED) is 0.591. The third-order valence-electron chi connectivity index (χ3n) is 5.51. The topological polar surface area (TPSA) is 133 Å². The fourth-order valence-electron chi connectivity index (χ4n) is 3.97. The Morgan fingerprint density at radius 3 is 2.73 bits per heavy atom. The van der Waals surface area contributed by atoms with Gasteiger partial charge in [-0.1, -0.05) is 0 Å². The predicted octanol–water partition coefficient (Wildman–Crippen LogP) is 1.64. The molecule has 1 fully saturated rings. The summed E-state index contributed by atoms with van der Waals surface area (Å²) in [5.74, 6) is 2.03. The molecule has 1 aliphatic heterocycles. The highest BCUT2D eigenvalue weighted by molar-refractivity contribution is 5.74. The summed E-state index contributed by atoms with van der Waals surface area (Å²) in [6, 6.07) is 4.39. The van der Waals surface area contributed by atoms with Crippen LogP contribution in [0.25, 0.3) is 5.52 Å². The van der Waals surface area contributed by atoms with Gasteiger partial charge in [0, 0.05) is 31.4 Å². The summed E-state index contributed by atoms with van der Waals surface area (Å²) in [5.41, 5.74) is 8.17. The van der Waals surface area contributed by atoms with E-state index in [1.165, 1.54) is 6.33 Å². The average Bonchev–Trinajstić information content (AvgIpc) is 3.09. The van der Waals surface area contributed by atoms with E-state index in [1.807, 2.05) is 23.7 Å². The minimum Gasteiger partial charge on any atom is -0.382 e. The highest BCUT2D eigenvalue weighted by atomic mass is 15.3. The van der Waals surface area contributed by atoms with Gasteiger partial charge >= 0.3 is 0 Å². The van der Waals surface area contributed by atoms with Gasteiger partial charge in [0.15, 0.2) is 11.6 Å². The van der Waals surface area contributed by atoms with E-state index in [0.717, 1.165) is 30.0 Å². The van der Waals surface area contributed by atoms with Crippen LogP contribution in [0.4, 0.5) is 17.5 Å². The summed E-state index contributed by atoms with van der Waals surface area (Å²) in [6.45, 7) is 10.2. The van der Waals surface area contributed by atoms with Crippen molar-refractivity contribution < 1.29 is 0 Å². The molecule has 0 aromatic carbocycles. The number of nitrogens with two attached hydrogens (primary N) is 1. The number of hydrogen-bond donors (Lipinski definition) is 3. The zero-order valence-electron chi connectivity index (χ0n) is 17.6. The number of rotatable bonds is 4. The molecule has 0 radical (unpaired) electrons. The SMILES string of the molecule is Cc1ccn2nc([C@H](C)Nc3ncnc(N)c3C#N)nc(N3[C@H](C)CNC[C@@H]3C)c12. The van der Waals surface area contributed by atoms with Gasteiger partial charge in [-0.15, -0.1) is 0 Å². The summed E-state index contributed by atoms with van der Waals surface area (Å²) >= 11 is 0. The van der Waals surface area contributed by atoms with E-state index in [4.69, 9.17) is 15.8 Å². The van der Waals surface area contributed by atoms with Crippen molar-refractivity contribution in [1.82, 2.24) is 29.9 Å². The largest absolute Gasteiger partial charge is 0.382 e. The number of aryl methyl sites for hydroxylation is 1. The molecule has 0 saturated carbocycles. The first-order valence-electron chi connectivity index (χ1n) is 10.0. The molecule has 30 heavy (non-hydrogen) atoms. The smallest absolute Gasteiger partial charge is 0.173 e. The molecule has 4 rings (SSSR count). The van der Waals surface area contributed by atoms with Gasteiger partial charge in [0.1, 0.15) is 35.1 Å². The lowest BCUT2D eigenvalue weighted by Gasteiger charge is -2.40. The number of aromatic nitrogens is 5. The lowest BCUT2D eigenvalue weighted by atomic mass is 10.1. The molecule has 4 N–H and O–H groups in total. The molecule has 0 unspecified atom stereocenters. The summed E-state index contributed by atoms with van der Waals surface area (Å²) in [6.07, 6.45) is 3.28. The van der Waals surface area contributed by atoms with Crippen molar-refractivity contribution in [3.63, 3.8) is 0 Å². The Morgan fingerprint density at radius 1 is 1.30 bits per heavy atom. The molecule has 10 nitrogen and oxygen atoms in total. The Bertz CT molecular complexity index is 1100. The van der Waals surface area contributed by atoms with Crippen LogP contribution < -0.4 is 21.3 Å². The van der Waals surface area contributed by atoms with Crippen molar-refractivity contribution in [3.05, 3.63) is 35.5 Å². The van der Waals surface area contributed by atoms with Crippen LogP contribution in [0.5, 0.6) is 0 Å². The lowest BCUT2D eigenvalue weighted by Crippen LogP contribution is -2.55. The second kappa shape index (κ2) is 7.76. The summed E-state index contributed by atoms with van der Waals surface area (Å²) < 4.78 is 1.88. The van der Waals surface area contributed by atoms with Crippen molar-refractivity contribution in [3.8, 4) is 6.07 Å². The van der Waals surface area contributed by atoms with E-state index < -0.39 is 0 Å². The Hall–Kier alpha value is -3.45. The third kappa shape index (κ3) is 3.37. The first kappa shape index (κ1) is 19.8. The standard InChI is InChI=1S/C20H26N10/c1-11-5-6-29-16(11)20(30-12(2)8-23-9-13(30)3)27-18(28-29)14(4)26-19-15(7-21)17(22)24-10-25-19/h5-6,10,12-14,23H,8-9H2,1-4H3,(H3,22,24,25,26)/t12-,13+,14-/m0/s1. The highest BCUT2D eigenvalue weighted by Crippen LogP contribution is 2.29. The number of nitrogens with one attached hydrogen (secondary N) is 2. The maximum atomic E-state index is 9.40. The molecule has 3 aromatic heterocycles. The molecule has 0 spiro atoms. The number of hydrogen-bond acceptors (Lipinski definition) is 9. The first-order valence-corrected chi connectivity index (χ1v) is 10.0. The van der Waals surface area contributed by atoms with Crippen LogP contribution >= 0.6 is 0 Å². The van der Waals surface area contributed by atoms with E-state index in [2.05, 4.69) is 52.3 Å². The summed E-state index contributed by atoms with van der Waals surface area (Å²) in [5, 5.41) is 20.8. The summed E-state index contributed by atoms with van der Waals surface area (Å²) in [4.78, 5) is 15.4. The van der Waals surface area contributed by atoms with Crippen LogP contribution in [0.2, 0.25) is 0 Å². The monoisotopic (exact) mass is 406 g/mol. The van der Waals surface area contributed by atoms with Crippen molar-refractivity contribution in [2.45, 2.75) is 45.8 Å². The number of nitrogen functional groups attached to an aromatic ring is 1. The van der Waals surface area contributed by atoms with Crippen LogP contribution in [-0.4, -0.2) is 49.7 Å². The van der Waals surface area contributed by atoms with Gasteiger partial charge in [-0.05, 0) is 39.3 Å². The van der Waals surface area contributed by atoms with Gasteiger partial charge in [0.2, 0.25) is 0 Å². The van der Waals surface area contributed by atoms with Crippen LogP contribution in [0.3, 0.4) is 0 Å². The van der Waals surface area contributed by atoms with Crippen LogP contribution in [0, 0.1) is 18.3 Å². The van der Waals surface area contributed by atoms with E-state index in [-0.39, 0.29) is 17.4 Å². The van der Waals surface area contributed by atoms with E-state index >= 15 is 0 Å². The molecular formula is C20H26N10. The van der Waals surface area contributed by atoms with E-state index in [0.29, 0.717) is 23.7 Å². The number of piperazine rings is 1. The molecule has 4 heterocycles. The zero-order valence-corrected chi connectivity index (χ0v) is 17.6. The van der Waals surface area contributed by atoms with Crippen LogP contribution in [0.15, 0.2) is 18.6 Å². The maximum Gasteiger partial charge on any atom is 0.173 e. The zero-order chi connectivity index (χ0) is 21.4. The third-order valence-corrected chi connectivity index (χ3v) is 5.51. The van der Waals surface area contributed by atoms with Gasteiger partial charge in [0.25, 0.3) is 0 Å². The number of fused-ring (bicyclic) bond motifs is 1. The molecule has 0 amide bonds. The van der Waals surface area contributed by atoms with Gasteiger partial charge in [0.05, 0.1) is 6.04 Å². The molecule has 3 aromatic rings. The summed E-state index contributed by atoms with van der Waals surface area (Å²) in [7, 11) is 0. The molecule has 156 valence electrons. The highest BCUT2D eigenvalue weighted by Gasteiger charge is 2.29. The van der Waals surface area contributed by atoms with E-state index in [1.54, 1.807) is 0 Å². The molecule has 3 atom stereocenters. The van der Waals surface area contributed by atoms with Crippen LogP contribution in [-0.2, 0) is 0 Å². The minimum absolute atomic E-state index is 0.142. The molecular weight excluding hydrogens is 380 g/mol. The lowest BCUT2D eigenvalue weighted by molar-refractivity contribution is 0.428. The average molecular weight is 406 g/mol. The second-order valence-electron chi connectivity index (χ2n) is 7.81. The Labute approximate surface area is 175 Å². The molecule has 1 aliphatic rings. The van der Waals surface area contributed by atoms with Crippen molar-refractivity contribution in [2.75, 3.05) is 29.0 Å². The van der Waals surface area contributed by atoms with Crippen molar-refractivity contribution >= 4 is 23.0 Å². The minimum atomic E-state index is -0.300. The van der Waals surface area contributed by atoms with E-state index in [9.17, 15) is 5.26 Å². The molecule has 0 bridgehead atoms. The van der Waals surface area contributed by atoms with Crippen molar-refractivity contribution in [2.24, 2.45) is 0 Å². The van der Waals surface area contributed by atoms with Gasteiger partial charge in [-0.3, -0.25) is 0 Å². The molecule has 1 saturated heterocycles. The van der Waals surface area contributed by atoms with Gasteiger partial charge in [-0.25, -0.2) is 19.5 Å². The van der Waals surface area contributed by atoms with Gasteiger partial charge < -0.3 is 21.3 Å². The van der Waals surface area contributed by atoms with Crippen molar-refractivity contribution in [1.29, 1.82) is 5.26 Å². The maximum absolute atomic E-state index is 9.40. The fraction of sp³-hybridized carbons (Fsp3) is 0.450. The first-order chi connectivity index (χ1) is 14.4. The Kier molecular flexibility index (Phi) is 5.13. The number of nitriles is 1. The Balaban J connectivity index is 1.77. The normalized spacial score (nSPS) is 20.2. The van der Waals surface area contributed by atoms with Crippen LogP contribution in [0.1, 0.15) is 43.8 Å². The molecule has 0 aliphatic carbocycles. The fourth-order valence-corrected chi connectivity index (χ4v) is 3.97. The predicted molar refractivity (Wildman–Crippen MR) is 115 cm³/mol.